The second-order valence-corrected chi connectivity index (χ2v) is 10.8. The van der Waals surface area contributed by atoms with Crippen molar-refractivity contribution in [2.45, 2.75) is 13.5 Å². The number of ether oxygens (including phenoxy) is 2. The van der Waals surface area contributed by atoms with E-state index in [0.29, 0.717) is 52.9 Å². The van der Waals surface area contributed by atoms with E-state index in [2.05, 4.69) is 15.0 Å². The first-order chi connectivity index (χ1) is 22.3. The molecule has 46 heavy (non-hydrogen) atoms. The highest BCUT2D eigenvalue weighted by molar-refractivity contribution is 6.04. The Kier molecular flexibility index (Phi) is 7.16. The Bertz CT molecular complexity index is 2120. The molecule has 0 radical (unpaired) electrons. The topological polar surface area (TPSA) is 112 Å². The molecule has 3 aromatic heterocycles. The zero-order chi connectivity index (χ0) is 31.9. The second kappa shape index (κ2) is 11.5. The molecule has 0 bridgehead atoms. The lowest BCUT2D eigenvalue weighted by atomic mass is 10.0. The number of pyridine rings is 1. The number of aryl methyl sites for hydroxylation is 1. The molecule has 0 saturated carbocycles. The van der Waals surface area contributed by atoms with Gasteiger partial charge >= 0.3 is 0 Å². The zero-order valence-electron chi connectivity index (χ0n) is 25.2. The molecule has 4 heterocycles. The maximum Gasteiger partial charge on any atom is 0.295 e. The van der Waals surface area contributed by atoms with Crippen molar-refractivity contribution in [1.29, 1.82) is 0 Å². The molecule has 1 aliphatic rings. The lowest BCUT2D eigenvalue weighted by Crippen LogP contribution is -2.20. The average Bonchev–Trinajstić information content (AvgIpc) is 3.63. The molecule has 6 aromatic rings. The largest absolute Gasteiger partial charge is 0.497 e. The third-order valence-corrected chi connectivity index (χ3v) is 8.07. The van der Waals surface area contributed by atoms with Crippen LogP contribution < -0.4 is 19.3 Å². The van der Waals surface area contributed by atoms with E-state index < -0.39 is 5.82 Å². The number of para-hydroxylation sites is 1. The fraction of sp³-hybridized carbons (Fsp3) is 0.147. The standard InChI is InChI=1S/C34H28FN7O4/c1-21-6-4-9-30(38-21)46-29-15-10-22(18-26(29)35)31-25-19-36-20-37-33(25)41-17-16-40(34(31)41)27-7-5-8-28(42(43)44)32(27)39(2)23-11-13-24(45-3)14-12-23/h4-15,18-20H,16-17H2,1-3H3. The molecule has 0 aliphatic carbocycles. The first-order valence-corrected chi connectivity index (χ1v) is 14.5. The number of fused-ring (bicyclic) bond motifs is 3. The summed E-state index contributed by atoms with van der Waals surface area (Å²) in [6, 6.07) is 22.4. The number of benzene rings is 3. The molecule has 0 atom stereocenters. The van der Waals surface area contributed by atoms with Gasteiger partial charge in [0.25, 0.3) is 5.69 Å². The highest BCUT2D eigenvalue weighted by Gasteiger charge is 2.34. The molecule has 0 N–H and O–H groups in total. The summed E-state index contributed by atoms with van der Waals surface area (Å²) < 4.78 is 28.8. The van der Waals surface area contributed by atoms with Gasteiger partial charge in [-0.15, -0.1) is 0 Å². The van der Waals surface area contributed by atoms with E-state index >= 15 is 4.39 Å². The van der Waals surface area contributed by atoms with Crippen LogP contribution >= 0.6 is 0 Å². The Morgan fingerprint density at radius 2 is 1.83 bits per heavy atom. The fourth-order valence-corrected chi connectivity index (χ4v) is 5.98. The van der Waals surface area contributed by atoms with Gasteiger partial charge in [0.2, 0.25) is 5.88 Å². The maximum absolute atomic E-state index is 15.7. The van der Waals surface area contributed by atoms with Crippen LogP contribution in [0.1, 0.15) is 5.69 Å². The number of nitro benzene ring substituents is 1. The maximum atomic E-state index is 15.7. The first kappa shape index (κ1) is 28.7. The van der Waals surface area contributed by atoms with Gasteiger partial charge < -0.3 is 23.8 Å². The van der Waals surface area contributed by atoms with Gasteiger partial charge in [-0.25, -0.2) is 19.3 Å². The van der Waals surface area contributed by atoms with Crippen LogP contribution in [0.15, 0.2) is 91.4 Å². The molecule has 3 aromatic carbocycles. The van der Waals surface area contributed by atoms with E-state index in [0.717, 1.165) is 22.6 Å². The van der Waals surface area contributed by atoms with Gasteiger partial charge in [0.15, 0.2) is 11.6 Å². The van der Waals surface area contributed by atoms with Crippen LogP contribution in [0.3, 0.4) is 0 Å². The number of methoxy groups -OCH3 is 1. The quantitative estimate of drug-likeness (QED) is 0.126. The number of nitro groups is 1. The summed E-state index contributed by atoms with van der Waals surface area (Å²) in [5, 5.41) is 13.1. The molecule has 11 nitrogen and oxygen atoms in total. The predicted molar refractivity (Wildman–Crippen MR) is 173 cm³/mol. The molecule has 1 aliphatic heterocycles. The summed E-state index contributed by atoms with van der Waals surface area (Å²) in [7, 11) is 3.38. The van der Waals surface area contributed by atoms with Gasteiger partial charge in [-0.05, 0) is 61.0 Å². The third-order valence-electron chi connectivity index (χ3n) is 8.07. The minimum atomic E-state index is -0.564. The van der Waals surface area contributed by atoms with Crippen molar-refractivity contribution in [3.8, 4) is 28.5 Å². The Labute approximate surface area is 263 Å². The highest BCUT2D eigenvalue weighted by Crippen LogP contribution is 2.50. The summed E-state index contributed by atoms with van der Waals surface area (Å²) in [4.78, 5) is 29.0. The lowest BCUT2D eigenvalue weighted by molar-refractivity contribution is -0.384. The molecule has 12 heteroatoms. The van der Waals surface area contributed by atoms with Crippen LogP contribution in [-0.2, 0) is 6.54 Å². The number of hydrogen-bond donors (Lipinski definition) is 0. The van der Waals surface area contributed by atoms with Gasteiger partial charge in [-0.3, -0.25) is 10.1 Å². The van der Waals surface area contributed by atoms with Crippen LogP contribution in [0, 0.1) is 22.9 Å². The Morgan fingerprint density at radius 3 is 2.57 bits per heavy atom. The number of aromatic nitrogens is 4. The van der Waals surface area contributed by atoms with Gasteiger partial charge in [0, 0.05) is 60.8 Å². The fourth-order valence-electron chi connectivity index (χ4n) is 5.98. The van der Waals surface area contributed by atoms with Crippen molar-refractivity contribution in [3.05, 3.63) is 113 Å². The number of anilines is 4. The summed E-state index contributed by atoms with van der Waals surface area (Å²) in [5.74, 6) is 1.17. The van der Waals surface area contributed by atoms with E-state index in [1.165, 1.54) is 18.5 Å². The molecular formula is C34H28FN7O4. The van der Waals surface area contributed by atoms with Gasteiger partial charge in [0.1, 0.15) is 29.2 Å². The van der Waals surface area contributed by atoms with Crippen LogP contribution in [0.25, 0.3) is 22.2 Å². The zero-order valence-corrected chi connectivity index (χ0v) is 25.2. The van der Waals surface area contributed by atoms with E-state index in [1.807, 2.05) is 52.8 Å². The molecule has 0 saturated heterocycles. The van der Waals surface area contributed by atoms with Crippen molar-refractivity contribution in [1.82, 2.24) is 19.5 Å². The molecule has 0 amide bonds. The Morgan fingerprint density at radius 1 is 1.02 bits per heavy atom. The van der Waals surface area contributed by atoms with Gasteiger partial charge in [-0.1, -0.05) is 18.2 Å². The van der Waals surface area contributed by atoms with Gasteiger partial charge in [-0.2, -0.15) is 0 Å². The second-order valence-electron chi connectivity index (χ2n) is 10.8. The number of halogens is 1. The molecule has 230 valence electrons. The van der Waals surface area contributed by atoms with Gasteiger partial charge in [0.05, 0.1) is 17.7 Å². The molecular weight excluding hydrogens is 589 g/mol. The Hall–Kier alpha value is -6.04. The number of rotatable bonds is 8. The Balaban J connectivity index is 1.37. The minimum Gasteiger partial charge on any atom is -0.497 e. The number of nitrogens with zero attached hydrogens (tertiary/aromatic N) is 7. The van der Waals surface area contributed by atoms with Crippen LogP contribution in [0.4, 0.5) is 33.0 Å². The molecule has 0 fully saturated rings. The van der Waals surface area contributed by atoms with Crippen molar-refractivity contribution in [2.75, 3.05) is 30.5 Å². The van der Waals surface area contributed by atoms with E-state index in [4.69, 9.17) is 9.47 Å². The third kappa shape index (κ3) is 4.89. The summed E-state index contributed by atoms with van der Waals surface area (Å²) >= 11 is 0. The van der Waals surface area contributed by atoms with Crippen molar-refractivity contribution < 1.29 is 18.8 Å². The molecule has 7 rings (SSSR count). The van der Waals surface area contributed by atoms with Crippen molar-refractivity contribution >= 4 is 39.6 Å². The minimum absolute atomic E-state index is 0.0391. The van der Waals surface area contributed by atoms with Crippen LogP contribution in [0.5, 0.6) is 17.4 Å². The summed E-state index contributed by atoms with van der Waals surface area (Å²) in [5.41, 5.74) is 4.44. The summed E-state index contributed by atoms with van der Waals surface area (Å²) in [6.07, 6.45) is 3.18. The normalized spacial score (nSPS) is 12.3. The monoisotopic (exact) mass is 617 g/mol. The van der Waals surface area contributed by atoms with E-state index in [1.54, 1.807) is 55.6 Å². The first-order valence-electron chi connectivity index (χ1n) is 14.5. The predicted octanol–water partition coefficient (Wildman–Crippen LogP) is 7.57. The number of hydrogen-bond acceptors (Lipinski definition) is 9. The smallest absolute Gasteiger partial charge is 0.295 e. The van der Waals surface area contributed by atoms with Crippen molar-refractivity contribution in [3.63, 3.8) is 0 Å². The van der Waals surface area contributed by atoms with Crippen LogP contribution in [0.2, 0.25) is 0 Å². The average molecular weight is 618 g/mol. The van der Waals surface area contributed by atoms with E-state index in [-0.39, 0.29) is 16.4 Å². The highest BCUT2D eigenvalue weighted by atomic mass is 19.1. The van der Waals surface area contributed by atoms with Crippen molar-refractivity contribution in [2.24, 2.45) is 0 Å². The molecule has 0 unspecified atom stereocenters. The molecule has 0 spiro atoms. The van der Waals surface area contributed by atoms with Crippen LogP contribution in [-0.4, -0.2) is 45.1 Å². The summed E-state index contributed by atoms with van der Waals surface area (Å²) in [6.45, 7) is 2.90. The lowest BCUT2D eigenvalue weighted by Gasteiger charge is -2.28. The van der Waals surface area contributed by atoms with E-state index in [9.17, 15) is 10.1 Å². The SMILES string of the molecule is COc1ccc(N(C)c2c(N3CCn4c3c(-c3ccc(Oc5cccc(C)n5)c(F)c3)c3cncnc34)cccc2[N+](=O)[O-])cc1.